The maximum Gasteiger partial charge on any atom is 0.253 e. The van der Waals surface area contributed by atoms with Gasteiger partial charge in [-0.3, -0.25) is 9.59 Å². The van der Waals surface area contributed by atoms with Gasteiger partial charge in [-0.2, -0.15) is 0 Å². The van der Waals surface area contributed by atoms with Gasteiger partial charge in [0.1, 0.15) is 6.04 Å². The second-order valence-corrected chi connectivity index (χ2v) is 6.81. The smallest absolute Gasteiger partial charge is 0.253 e. The zero-order valence-corrected chi connectivity index (χ0v) is 16.0. The maximum absolute atomic E-state index is 12.3. The van der Waals surface area contributed by atoms with E-state index in [-0.39, 0.29) is 11.8 Å². The van der Waals surface area contributed by atoms with Crippen LogP contribution in [0.25, 0.3) is 0 Å². The first-order valence-corrected chi connectivity index (χ1v) is 8.81. The van der Waals surface area contributed by atoms with Gasteiger partial charge >= 0.3 is 0 Å². The van der Waals surface area contributed by atoms with Gasteiger partial charge in [0.05, 0.1) is 10.6 Å². The van der Waals surface area contributed by atoms with Gasteiger partial charge in [0, 0.05) is 13.1 Å². The summed E-state index contributed by atoms with van der Waals surface area (Å²) in [5.74, 6) is -0.615. The lowest BCUT2D eigenvalue weighted by Crippen LogP contribution is -2.44. The predicted octanol–water partition coefficient (Wildman–Crippen LogP) is 2.84. The second-order valence-electron chi connectivity index (χ2n) is 6.40. The van der Waals surface area contributed by atoms with Crippen LogP contribution in [0, 0.1) is 0 Å². The molecule has 0 saturated heterocycles. The standard InChI is InChI=1S/C20H24ClN3O2/c1-14(23-20(26)17-10-6-7-11-18(17)21)19(25)22-12-15-8-4-5-9-16(15)13-24(2)3/h4-11,14H,12-13H2,1-3H3,(H,22,25)(H,23,26)/t14-/m0/s1. The molecule has 6 heteroatoms. The molecular formula is C20H24ClN3O2. The van der Waals surface area contributed by atoms with Crippen molar-refractivity contribution in [3.05, 3.63) is 70.2 Å². The molecule has 0 aliphatic heterocycles. The van der Waals surface area contributed by atoms with Gasteiger partial charge < -0.3 is 15.5 Å². The van der Waals surface area contributed by atoms with Crippen molar-refractivity contribution in [2.45, 2.75) is 26.1 Å². The van der Waals surface area contributed by atoms with Crippen molar-refractivity contribution >= 4 is 23.4 Å². The molecule has 1 atom stereocenters. The molecule has 0 radical (unpaired) electrons. The average molecular weight is 374 g/mol. The van der Waals surface area contributed by atoms with Crippen LogP contribution in [0.15, 0.2) is 48.5 Å². The number of rotatable bonds is 7. The Balaban J connectivity index is 1.94. The number of carbonyl (C=O) groups is 2. The summed E-state index contributed by atoms with van der Waals surface area (Å²) in [5, 5.41) is 5.91. The molecule has 5 nitrogen and oxygen atoms in total. The highest BCUT2D eigenvalue weighted by Crippen LogP contribution is 2.15. The van der Waals surface area contributed by atoms with E-state index in [0.717, 1.165) is 17.7 Å². The van der Waals surface area contributed by atoms with Crippen molar-refractivity contribution in [3.63, 3.8) is 0 Å². The first kappa shape index (κ1) is 19.9. The molecule has 2 amide bonds. The Morgan fingerprint density at radius 3 is 2.31 bits per heavy atom. The zero-order valence-electron chi connectivity index (χ0n) is 15.3. The van der Waals surface area contributed by atoms with Gasteiger partial charge in [-0.15, -0.1) is 0 Å². The minimum Gasteiger partial charge on any atom is -0.350 e. The average Bonchev–Trinajstić information content (AvgIpc) is 2.60. The van der Waals surface area contributed by atoms with Crippen LogP contribution in [0.2, 0.25) is 5.02 Å². The topological polar surface area (TPSA) is 61.4 Å². The maximum atomic E-state index is 12.3. The molecule has 2 N–H and O–H groups in total. The summed E-state index contributed by atoms with van der Waals surface area (Å²) < 4.78 is 0. The third-order valence-electron chi connectivity index (χ3n) is 3.92. The Morgan fingerprint density at radius 2 is 1.65 bits per heavy atom. The van der Waals surface area contributed by atoms with E-state index in [9.17, 15) is 9.59 Å². The molecule has 0 bridgehead atoms. The Bertz CT molecular complexity index is 777. The van der Waals surface area contributed by atoms with E-state index in [1.54, 1.807) is 31.2 Å². The van der Waals surface area contributed by atoms with E-state index >= 15 is 0 Å². The molecule has 0 spiro atoms. The van der Waals surface area contributed by atoms with Crippen molar-refractivity contribution in [3.8, 4) is 0 Å². The summed E-state index contributed by atoms with van der Waals surface area (Å²) in [4.78, 5) is 26.7. The summed E-state index contributed by atoms with van der Waals surface area (Å²) in [5.41, 5.74) is 2.56. The highest BCUT2D eigenvalue weighted by Gasteiger charge is 2.18. The lowest BCUT2D eigenvalue weighted by molar-refractivity contribution is -0.122. The molecule has 0 aliphatic carbocycles. The van der Waals surface area contributed by atoms with Crippen LogP contribution in [0.4, 0.5) is 0 Å². The lowest BCUT2D eigenvalue weighted by atomic mass is 10.1. The van der Waals surface area contributed by atoms with Crippen molar-refractivity contribution in [2.24, 2.45) is 0 Å². The van der Waals surface area contributed by atoms with E-state index < -0.39 is 6.04 Å². The number of carbonyl (C=O) groups excluding carboxylic acids is 2. The van der Waals surface area contributed by atoms with Crippen LogP contribution in [-0.2, 0) is 17.9 Å². The SMILES string of the molecule is C[C@H](NC(=O)c1ccccc1Cl)C(=O)NCc1ccccc1CN(C)C. The van der Waals surface area contributed by atoms with E-state index in [1.165, 1.54) is 0 Å². The van der Waals surface area contributed by atoms with Gasteiger partial charge in [0.2, 0.25) is 5.91 Å². The van der Waals surface area contributed by atoms with Crippen LogP contribution < -0.4 is 10.6 Å². The molecule has 2 aromatic carbocycles. The number of amides is 2. The van der Waals surface area contributed by atoms with Crippen LogP contribution >= 0.6 is 11.6 Å². The molecule has 0 unspecified atom stereocenters. The van der Waals surface area contributed by atoms with Gasteiger partial charge in [-0.1, -0.05) is 48.0 Å². The summed E-state index contributed by atoms with van der Waals surface area (Å²) in [7, 11) is 4.00. The van der Waals surface area contributed by atoms with Crippen molar-refractivity contribution in [1.29, 1.82) is 0 Å². The summed E-state index contributed by atoms with van der Waals surface area (Å²) in [6.07, 6.45) is 0. The Labute approximate surface area is 159 Å². The third-order valence-corrected chi connectivity index (χ3v) is 4.25. The van der Waals surface area contributed by atoms with Gasteiger partial charge in [-0.25, -0.2) is 0 Å². The lowest BCUT2D eigenvalue weighted by Gasteiger charge is -2.17. The van der Waals surface area contributed by atoms with Gasteiger partial charge in [0.25, 0.3) is 5.91 Å². The van der Waals surface area contributed by atoms with Crippen LogP contribution in [-0.4, -0.2) is 36.9 Å². The summed E-state index contributed by atoms with van der Waals surface area (Å²) in [6, 6.07) is 14.0. The van der Waals surface area contributed by atoms with Gasteiger partial charge in [0.15, 0.2) is 0 Å². The fourth-order valence-electron chi connectivity index (χ4n) is 2.55. The normalized spacial score (nSPS) is 11.9. The molecule has 2 rings (SSSR count). The second kappa shape index (κ2) is 9.36. The monoisotopic (exact) mass is 373 g/mol. The predicted molar refractivity (Wildman–Crippen MR) is 104 cm³/mol. The summed E-state index contributed by atoms with van der Waals surface area (Å²) >= 11 is 6.02. The van der Waals surface area contributed by atoms with E-state index in [4.69, 9.17) is 11.6 Å². The van der Waals surface area contributed by atoms with E-state index in [0.29, 0.717) is 17.1 Å². The first-order chi connectivity index (χ1) is 12.4. The Hall–Kier alpha value is -2.37. The third kappa shape index (κ3) is 5.58. The number of benzene rings is 2. The molecule has 0 fully saturated rings. The quantitative estimate of drug-likeness (QED) is 0.784. The molecule has 0 aromatic heterocycles. The van der Waals surface area contributed by atoms with Crippen LogP contribution in [0.1, 0.15) is 28.4 Å². The fourth-order valence-corrected chi connectivity index (χ4v) is 2.77. The van der Waals surface area contributed by atoms with Crippen LogP contribution in [0.3, 0.4) is 0 Å². The number of hydrogen-bond donors (Lipinski definition) is 2. The number of nitrogens with zero attached hydrogens (tertiary/aromatic N) is 1. The molecule has 0 heterocycles. The largest absolute Gasteiger partial charge is 0.350 e. The number of halogens is 1. The molecule has 26 heavy (non-hydrogen) atoms. The molecule has 0 aliphatic rings. The molecule has 138 valence electrons. The number of hydrogen-bond acceptors (Lipinski definition) is 3. The first-order valence-electron chi connectivity index (χ1n) is 8.43. The minimum atomic E-state index is -0.667. The Kier molecular flexibility index (Phi) is 7.18. The Morgan fingerprint density at radius 1 is 1.04 bits per heavy atom. The highest BCUT2D eigenvalue weighted by atomic mass is 35.5. The fraction of sp³-hybridized carbons (Fsp3) is 0.300. The summed E-state index contributed by atoms with van der Waals surface area (Å²) in [6.45, 7) is 2.86. The van der Waals surface area contributed by atoms with Gasteiger partial charge in [-0.05, 0) is 44.3 Å². The van der Waals surface area contributed by atoms with Crippen molar-refractivity contribution in [2.75, 3.05) is 14.1 Å². The zero-order chi connectivity index (χ0) is 19.1. The van der Waals surface area contributed by atoms with Crippen molar-refractivity contribution in [1.82, 2.24) is 15.5 Å². The van der Waals surface area contributed by atoms with Crippen molar-refractivity contribution < 1.29 is 9.59 Å². The van der Waals surface area contributed by atoms with Crippen LogP contribution in [0.5, 0.6) is 0 Å². The molecule has 0 saturated carbocycles. The molecule has 2 aromatic rings. The van der Waals surface area contributed by atoms with E-state index in [2.05, 4.69) is 15.5 Å². The molecular weight excluding hydrogens is 350 g/mol. The number of nitrogens with one attached hydrogen (secondary N) is 2. The minimum absolute atomic E-state index is 0.245. The highest BCUT2D eigenvalue weighted by molar-refractivity contribution is 6.33. The van der Waals surface area contributed by atoms with E-state index in [1.807, 2.05) is 38.4 Å².